The van der Waals surface area contributed by atoms with Crippen molar-refractivity contribution in [1.29, 1.82) is 0 Å². The highest BCUT2D eigenvalue weighted by molar-refractivity contribution is 5.78. The Labute approximate surface area is 114 Å². The van der Waals surface area contributed by atoms with Crippen molar-refractivity contribution in [2.45, 2.75) is 25.9 Å². The van der Waals surface area contributed by atoms with Gasteiger partial charge in [0, 0.05) is 37.3 Å². The normalized spacial score (nSPS) is 18.2. The molecule has 4 nitrogen and oxygen atoms in total. The highest BCUT2D eigenvalue weighted by Crippen LogP contribution is 2.29. The van der Waals surface area contributed by atoms with Crippen LogP contribution in [0, 0.1) is 5.92 Å². The number of benzene rings is 1. The van der Waals surface area contributed by atoms with Crippen LogP contribution in [0.2, 0.25) is 0 Å². The van der Waals surface area contributed by atoms with E-state index in [0.29, 0.717) is 0 Å². The minimum atomic E-state index is -0.465. The summed E-state index contributed by atoms with van der Waals surface area (Å²) in [6.45, 7) is 3.51. The Hall–Kier alpha value is -1.55. The predicted octanol–water partition coefficient (Wildman–Crippen LogP) is 1.70. The zero-order valence-electron chi connectivity index (χ0n) is 11.6. The van der Waals surface area contributed by atoms with Crippen LogP contribution in [0.1, 0.15) is 31.4 Å². The summed E-state index contributed by atoms with van der Waals surface area (Å²) in [5.74, 6) is 0.267. The van der Waals surface area contributed by atoms with E-state index in [9.17, 15) is 9.90 Å². The van der Waals surface area contributed by atoms with E-state index in [0.717, 1.165) is 37.2 Å². The maximum Gasteiger partial charge on any atom is 0.222 e. The summed E-state index contributed by atoms with van der Waals surface area (Å²) in [6, 6.07) is 7.95. The molecule has 104 valence electrons. The lowest BCUT2D eigenvalue weighted by molar-refractivity contribution is -0.125. The number of carbonyl (C=O) groups is 1. The summed E-state index contributed by atoms with van der Waals surface area (Å²) in [5.41, 5.74) is 2.05. The van der Waals surface area contributed by atoms with Crippen LogP contribution in [-0.4, -0.2) is 31.2 Å². The van der Waals surface area contributed by atoms with Crippen molar-refractivity contribution in [2.24, 2.45) is 5.92 Å². The Morgan fingerprint density at radius 1 is 1.37 bits per heavy atom. The molecular weight excluding hydrogens is 240 g/mol. The van der Waals surface area contributed by atoms with E-state index < -0.39 is 6.10 Å². The highest BCUT2D eigenvalue weighted by Gasteiger charge is 2.25. The summed E-state index contributed by atoms with van der Waals surface area (Å²) in [6.07, 6.45) is 1.27. The third kappa shape index (κ3) is 3.07. The van der Waals surface area contributed by atoms with Crippen LogP contribution in [0.25, 0.3) is 0 Å². The summed E-state index contributed by atoms with van der Waals surface area (Å²) < 4.78 is 0. The van der Waals surface area contributed by atoms with Crippen molar-refractivity contribution >= 4 is 11.6 Å². The lowest BCUT2D eigenvalue weighted by Crippen LogP contribution is -2.40. The van der Waals surface area contributed by atoms with Gasteiger partial charge in [0.05, 0.1) is 6.10 Å². The fourth-order valence-corrected chi connectivity index (χ4v) is 2.72. The maximum atomic E-state index is 11.6. The van der Waals surface area contributed by atoms with Crippen LogP contribution in [0.5, 0.6) is 0 Å². The first-order valence-electron chi connectivity index (χ1n) is 6.87. The van der Waals surface area contributed by atoms with Gasteiger partial charge in [-0.2, -0.15) is 0 Å². The quantitative estimate of drug-likeness (QED) is 0.872. The molecule has 1 aromatic rings. The number of piperidine rings is 1. The first-order chi connectivity index (χ1) is 9.13. The summed E-state index contributed by atoms with van der Waals surface area (Å²) >= 11 is 0. The molecule has 1 amide bonds. The minimum Gasteiger partial charge on any atom is -0.389 e. The number of hydrogen-bond acceptors (Lipinski definition) is 3. The highest BCUT2D eigenvalue weighted by atomic mass is 16.3. The van der Waals surface area contributed by atoms with Gasteiger partial charge in [0.15, 0.2) is 0 Å². The number of aliphatic hydroxyl groups is 1. The number of rotatable bonds is 3. The zero-order chi connectivity index (χ0) is 13.8. The fraction of sp³-hybridized carbons (Fsp3) is 0.533. The topological polar surface area (TPSA) is 52.6 Å². The molecule has 0 saturated carbocycles. The standard InChI is InChI=1S/C15H22N2O2/c1-11(18)13-5-3-4-6-14(13)17-9-7-12(8-10-17)15(19)16-2/h3-6,11-12,18H,7-10H2,1-2H3,(H,16,19). The number of amides is 1. The van der Waals surface area contributed by atoms with Crippen LogP contribution >= 0.6 is 0 Å². The lowest BCUT2D eigenvalue weighted by atomic mass is 9.94. The molecule has 19 heavy (non-hydrogen) atoms. The number of hydrogen-bond donors (Lipinski definition) is 2. The molecular formula is C15H22N2O2. The van der Waals surface area contributed by atoms with E-state index in [1.54, 1.807) is 14.0 Å². The Bertz CT molecular complexity index is 438. The number of anilines is 1. The van der Waals surface area contributed by atoms with E-state index >= 15 is 0 Å². The number of nitrogens with one attached hydrogen (secondary N) is 1. The maximum absolute atomic E-state index is 11.6. The zero-order valence-corrected chi connectivity index (χ0v) is 11.6. The van der Waals surface area contributed by atoms with Gasteiger partial charge in [0.25, 0.3) is 0 Å². The van der Waals surface area contributed by atoms with E-state index in [4.69, 9.17) is 0 Å². The minimum absolute atomic E-state index is 0.125. The summed E-state index contributed by atoms with van der Waals surface area (Å²) in [7, 11) is 1.69. The Morgan fingerprint density at radius 2 is 2.00 bits per heavy atom. The molecule has 1 fully saturated rings. The molecule has 2 rings (SSSR count). The van der Waals surface area contributed by atoms with Crippen molar-refractivity contribution in [1.82, 2.24) is 5.32 Å². The van der Waals surface area contributed by atoms with Gasteiger partial charge in [-0.1, -0.05) is 18.2 Å². The Kier molecular flexibility index (Phi) is 4.43. The number of carbonyl (C=O) groups excluding carboxylic acids is 1. The van der Waals surface area contributed by atoms with Gasteiger partial charge in [-0.25, -0.2) is 0 Å². The van der Waals surface area contributed by atoms with Gasteiger partial charge >= 0.3 is 0 Å². The molecule has 0 aromatic heterocycles. The Morgan fingerprint density at radius 3 is 2.58 bits per heavy atom. The number of para-hydroxylation sites is 1. The first-order valence-corrected chi connectivity index (χ1v) is 6.87. The molecule has 0 bridgehead atoms. The van der Waals surface area contributed by atoms with Gasteiger partial charge in [-0.3, -0.25) is 4.79 Å². The van der Waals surface area contributed by atoms with Crippen molar-refractivity contribution in [3.63, 3.8) is 0 Å². The molecule has 0 aliphatic carbocycles. The molecule has 1 aromatic carbocycles. The summed E-state index contributed by atoms with van der Waals surface area (Å²) in [4.78, 5) is 13.9. The SMILES string of the molecule is CNC(=O)C1CCN(c2ccccc2C(C)O)CC1. The monoisotopic (exact) mass is 262 g/mol. The van der Waals surface area contributed by atoms with Gasteiger partial charge in [-0.15, -0.1) is 0 Å². The van der Waals surface area contributed by atoms with Crippen molar-refractivity contribution in [3.8, 4) is 0 Å². The number of nitrogens with zero attached hydrogens (tertiary/aromatic N) is 1. The molecule has 1 unspecified atom stereocenters. The average molecular weight is 262 g/mol. The number of aliphatic hydroxyl groups excluding tert-OH is 1. The third-order valence-corrected chi connectivity index (χ3v) is 3.84. The van der Waals surface area contributed by atoms with Gasteiger partial charge in [0.2, 0.25) is 5.91 Å². The molecule has 1 heterocycles. The van der Waals surface area contributed by atoms with Crippen LogP contribution in [0.4, 0.5) is 5.69 Å². The van der Waals surface area contributed by atoms with Crippen molar-refractivity contribution in [2.75, 3.05) is 25.0 Å². The molecule has 1 aliphatic rings. The van der Waals surface area contributed by atoms with Gasteiger partial charge in [0.1, 0.15) is 0 Å². The van der Waals surface area contributed by atoms with Crippen LogP contribution < -0.4 is 10.2 Å². The van der Waals surface area contributed by atoms with E-state index in [2.05, 4.69) is 10.2 Å². The molecule has 2 N–H and O–H groups in total. The predicted molar refractivity (Wildman–Crippen MR) is 76.1 cm³/mol. The average Bonchev–Trinajstić information content (AvgIpc) is 2.46. The Balaban J connectivity index is 2.08. The van der Waals surface area contributed by atoms with E-state index in [1.807, 2.05) is 24.3 Å². The van der Waals surface area contributed by atoms with E-state index in [-0.39, 0.29) is 11.8 Å². The van der Waals surface area contributed by atoms with Crippen molar-refractivity contribution in [3.05, 3.63) is 29.8 Å². The molecule has 1 saturated heterocycles. The van der Waals surface area contributed by atoms with Crippen LogP contribution in [-0.2, 0) is 4.79 Å². The second kappa shape index (κ2) is 6.06. The second-order valence-electron chi connectivity index (χ2n) is 5.11. The lowest BCUT2D eigenvalue weighted by Gasteiger charge is -2.34. The molecule has 1 aliphatic heterocycles. The largest absolute Gasteiger partial charge is 0.389 e. The third-order valence-electron chi connectivity index (χ3n) is 3.84. The molecule has 0 spiro atoms. The van der Waals surface area contributed by atoms with Gasteiger partial charge < -0.3 is 15.3 Å². The van der Waals surface area contributed by atoms with Crippen LogP contribution in [0.3, 0.4) is 0 Å². The fourth-order valence-electron chi connectivity index (χ4n) is 2.72. The molecule has 1 atom stereocenters. The van der Waals surface area contributed by atoms with E-state index in [1.165, 1.54) is 0 Å². The molecule has 4 heteroatoms. The second-order valence-corrected chi connectivity index (χ2v) is 5.11. The van der Waals surface area contributed by atoms with Gasteiger partial charge in [-0.05, 0) is 25.8 Å². The molecule has 0 radical (unpaired) electrons. The summed E-state index contributed by atoms with van der Waals surface area (Å²) in [5, 5.41) is 12.5. The first kappa shape index (κ1) is 13.9. The van der Waals surface area contributed by atoms with Crippen LogP contribution in [0.15, 0.2) is 24.3 Å². The van der Waals surface area contributed by atoms with Crippen molar-refractivity contribution < 1.29 is 9.90 Å². The smallest absolute Gasteiger partial charge is 0.222 e.